The lowest BCUT2D eigenvalue weighted by molar-refractivity contribution is -0.128. The summed E-state index contributed by atoms with van der Waals surface area (Å²) in [6.45, 7) is 1.35. The molecule has 0 saturated carbocycles. The van der Waals surface area contributed by atoms with E-state index < -0.39 is 11.9 Å². The first-order chi connectivity index (χ1) is 7.15. The van der Waals surface area contributed by atoms with Gasteiger partial charge < -0.3 is 5.32 Å². The first kappa shape index (κ1) is 11.2. The van der Waals surface area contributed by atoms with E-state index in [0.717, 1.165) is 0 Å². The van der Waals surface area contributed by atoms with Crippen molar-refractivity contribution < 1.29 is 9.59 Å². The van der Waals surface area contributed by atoms with Crippen LogP contribution in [-0.2, 0) is 9.59 Å². The minimum atomic E-state index is -0.742. The van der Waals surface area contributed by atoms with Gasteiger partial charge in [0.2, 0.25) is 5.91 Å². The summed E-state index contributed by atoms with van der Waals surface area (Å²) >= 11 is 0. The molecule has 5 nitrogen and oxygen atoms in total. The highest BCUT2D eigenvalue weighted by atomic mass is 16.2. The summed E-state index contributed by atoms with van der Waals surface area (Å²) in [6, 6.07) is 8.15. The lowest BCUT2D eigenvalue weighted by atomic mass is 10.1. The van der Waals surface area contributed by atoms with Crippen molar-refractivity contribution in [3.8, 4) is 0 Å². The zero-order chi connectivity index (χ0) is 11.3. The van der Waals surface area contributed by atoms with Gasteiger partial charge in [0, 0.05) is 6.92 Å². The number of benzene rings is 1. The predicted octanol–water partition coefficient (Wildman–Crippen LogP) is -0.146. The van der Waals surface area contributed by atoms with E-state index in [1.54, 1.807) is 24.3 Å². The molecule has 0 aliphatic carbocycles. The van der Waals surface area contributed by atoms with Gasteiger partial charge in [-0.2, -0.15) is 0 Å². The Labute approximate surface area is 87.6 Å². The second-order valence-electron chi connectivity index (χ2n) is 3.05. The molecule has 0 aliphatic rings. The van der Waals surface area contributed by atoms with Crippen LogP contribution in [0.3, 0.4) is 0 Å². The molecule has 0 unspecified atom stereocenters. The third-order valence-electron chi connectivity index (χ3n) is 1.88. The maximum absolute atomic E-state index is 11.4. The predicted molar refractivity (Wildman–Crippen MR) is 55.3 cm³/mol. The molecule has 0 saturated heterocycles. The molecule has 0 bridgehead atoms. The number of amides is 2. The van der Waals surface area contributed by atoms with Gasteiger partial charge in [-0.3, -0.25) is 15.0 Å². The van der Waals surface area contributed by atoms with Gasteiger partial charge in [0.15, 0.2) is 0 Å². The highest BCUT2D eigenvalue weighted by Gasteiger charge is 2.19. The number of hydrazine groups is 1. The van der Waals surface area contributed by atoms with Gasteiger partial charge >= 0.3 is 0 Å². The van der Waals surface area contributed by atoms with Gasteiger partial charge in [-0.15, -0.1) is 0 Å². The summed E-state index contributed by atoms with van der Waals surface area (Å²) in [4.78, 5) is 22.3. The normalized spacial score (nSPS) is 11.6. The second kappa shape index (κ2) is 5.11. The van der Waals surface area contributed by atoms with Crippen LogP contribution in [0.2, 0.25) is 0 Å². The Hall–Kier alpha value is -1.88. The van der Waals surface area contributed by atoms with Crippen molar-refractivity contribution in [2.24, 2.45) is 5.84 Å². The fourth-order valence-electron chi connectivity index (χ4n) is 1.23. The average Bonchev–Trinajstić information content (AvgIpc) is 2.26. The summed E-state index contributed by atoms with van der Waals surface area (Å²) in [5.41, 5.74) is 2.71. The fourth-order valence-corrected chi connectivity index (χ4v) is 1.23. The molecule has 2 amide bonds. The summed E-state index contributed by atoms with van der Waals surface area (Å²) in [5.74, 6) is 4.30. The molecule has 1 atom stereocenters. The molecule has 0 spiro atoms. The van der Waals surface area contributed by atoms with Crippen LogP contribution < -0.4 is 16.6 Å². The van der Waals surface area contributed by atoms with Gasteiger partial charge in [-0.1, -0.05) is 30.3 Å². The number of carbonyl (C=O) groups excluding carboxylic acids is 2. The van der Waals surface area contributed by atoms with Crippen molar-refractivity contribution in [1.82, 2.24) is 10.7 Å². The first-order valence-electron chi connectivity index (χ1n) is 4.47. The maximum Gasteiger partial charge on any atom is 0.261 e. The Morgan fingerprint density at radius 2 is 1.87 bits per heavy atom. The van der Waals surface area contributed by atoms with Gasteiger partial charge in [0.05, 0.1) is 0 Å². The van der Waals surface area contributed by atoms with E-state index >= 15 is 0 Å². The van der Waals surface area contributed by atoms with Crippen LogP contribution in [0.5, 0.6) is 0 Å². The largest absolute Gasteiger partial charge is 0.341 e. The lowest BCUT2D eigenvalue weighted by Crippen LogP contribution is -2.42. The summed E-state index contributed by atoms with van der Waals surface area (Å²) in [6.07, 6.45) is 0. The second-order valence-corrected chi connectivity index (χ2v) is 3.05. The molecule has 0 fully saturated rings. The number of hydrogen-bond acceptors (Lipinski definition) is 3. The Morgan fingerprint density at radius 1 is 1.27 bits per heavy atom. The molecule has 1 aromatic carbocycles. The monoisotopic (exact) mass is 207 g/mol. The van der Waals surface area contributed by atoms with Crippen molar-refractivity contribution >= 4 is 11.8 Å². The van der Waals surface area contributed by atoms with Crippen molar-refractivity contribution in [2.75, 3.05) is 0 Å². The van der Waals surface area contributed by atoms with Crippen LogP contribution in [0.15, 0.2) is 30.3 Å². The zero-order valence-electron chi connectivity index (χ0n) is 8.36. The van der Waals surface area contributed by atoms with Crippen LogP contribution in [0.25, 0.3) is 0 Å². The molecule has 0 radical (unpaired) electrons. The minimum absolute atomic E-state index is 0.285. The molecule has 5 heteroatoms. The number of hydrogen-bond donors (Lipinski definition) is 3. The standard InChI is InChI=1S/C10H13N3O2/c1-7(14)12-9(10(15)13-11)8-5-3-2-4-6-8/h2-6,9H,11H2,1H3,(H,12,14)(H,13,15)/t9-/m0/s1. The fraction of sp³-hybridized carbons (Fsp3) is 0.200. The zero-order valence-corrected chi connectivity index (χ0v) is 8.36. The van der Waals surface area contributed by atoms with Gasteiger partial charge in [0.25, 0.3) is 5.91 Å². The van der Waals surface area contributed by atoms with Gasteiger partial charge in [0.1, 0.15) is 6.04 Å². The Bertz CT molecular complexity index is 351. The van der Waals surface area contributed by atoms with E-state index in [2.05, 4.69) is 5.32 Å². The minimum Gasteiger partial charge on any atom is -0.341 e. The van der Waals surface area contributed by atoms with E-state index in [1.807, 2.05) is 11.5 Å². The quantitative estimate of drug-likeness (QED) is 0.366. The molecular formula is C10H13N3O2. The molecule has 0 heterocycles. The van der Waals surface area contributed by atoms with E-state index in [4.69, 9.17) is 5.84 Å². The van der Waals surface area contributed by atoms with Crippen LogP contribution in [0.4, 0.5) is 0 Å². The third kappa shape index (κ3) is 3.07. The number of nitrogens with one attached hydrogen (secondary N) is 2. The van der Waals surface area contributed by atoms with Crippen LogP contribution in [0.1, 0.15) is 18.5 Å². The highest BCUT2D eigenvalue weighted by Crippen LogP contribution is 2.11. The molecule has 80 valence electrons. The van der Waals surface area contributed by atoms with Crippen molar-refractivity contribution in [3.05, 3.63) is 35.9 Å². The molecule has 0 aliphatic heterocycles. The van der Waals surface area contributed by atoms with Crippen molar-refractivity contribution in [1.29, 1.82) is 0 Å². The van der Waals surface area contributed by atoms with Crippen molar-refractivity contribution in [3.63, 3.8) is 0 Å². The summed E-state index contributed by atoms with van der Waals surface area (Å²) in [5, 5.41) is 2.52. The van der Waals surface area contributed by atoms with Crippen molar-refractivity contribution in [2.45, 2.75) is 13.0 Å². The number of nitrogens with two attached hydrogens (primary N) is 1. The van der Waals surface area contributed by atoms with Crippen LogP contribution >= 0.6 is 0 Å². The molecule has 15 heavy (non-hydrogen) atoms. The lowest BCUT2D eigenvalue weighted by Gasteiger charge is -2.16. The molecule has 0 aromatic heterocycles. The summed E-state index contributed by atoms with van der Waals surface area (Å²) < 4.78 is 0. The van der Waals surface area contributed by atoms with Crippen LogP contribution in [0, 0.1) is 0 Å². The van der Waals surface area contributed by atoms with Crippen LogP contribution in [-0.4, -0.2) is 11.8 Å². The van der Waals surface area contributed by atoms with E-state index in [0.29, 0.717) is 5.56 Å². The molecule has 4 N–H and O–H groups in total. The number of rotatable bonds is 3. The highest BCUT2D eigenvalue weighted by molar-refractivity contribution is 5.87. The first-order valence-corrected chi connectivity index (χ1v) is 4.47. The Morgan fingerprint density at radius 3 is 2.33 bits per heavy atom. The van der Waals surface area contributed by atoms with E-state index in [-0.39, 0.29) is 5.91 Å². The average molecular weight is 207 g/mol. The SMILES string of the molecule is CC(=O)N[C@H](C(=O)NN)c1ccccc1. The van der Waals surface area contributed by atoms with Gasteiger partial charge in [-0.05, 0) is 5.56 Å². The number of carbonyl (C=O) groups is 2. The third-order valence-corrected chi connectivity index (χ3v) is 1.88. The van der Waals surface area contributed by atoms with Gasteiger partial charge in [-0.25, -0.2) is 5.84 Å². The topological polar surface area (TPSA) is 84.2 Å². The molecule has 1 rings (SSSR count). The molecule has 1 aromatic rings. The maximum atomic E-state index is 11.4. The molecular weight excluding hydrogens is 194 g/mol. The van der Waals surface area contributed by atoms with E-state index in [9.17, 15) is 9.59 Å². The Balaban J connectivity index is 2.91. The Kier molecular flexibility index (Phi) is 3.82. The van der Waals surface area contributed by atoms with E-state index in [1.165, 1.54) is 6.92 Å². The summed E-state index contributed by atoms with van der Waals surface area (Å²) in [7, 11) is 0. The smallest absolute Gasteiger partial charge is 0.261 e.